The molecule has 2 rings (SSSR count). The average Bonchev–Trinajstić information content (AvgIpc) is 2.83. The molecular formula is C10H12ClN3O3. The number of amides is 1. The lowest BCUT2D eigenvalue weighted by Gasteiger charge is -2.13. The molecule has 1 aromatic heterocycles. The summed E-state index contributed by atoms with van der Waals surface area (Å²) in [6.45, 7) is 0.363. The van der Waals surface area contributed by atoms with Crippen LogP contribution in [0.4, 0.5) is 5.69 Å². The molecule has 1 fully saturated rings. The number of hydrogen-bond donors (Lipinski definition) is 1. The molecule has 0 bridgehead atoms. The van der Waals surface area contributed by atoms with E-state index in [4.69, 9.17) is 16.7 Å². The molecule has 0 aromatic carbocycles. The number of rotatable bonds is 4. The van der Waals surface area contributed by atoms with Crippen molar-refractivity contribution >= 4 is 29.2 Å². The Morgan fingerprint density at radius 3 is 3.00 bits per heavy atom. The van der Waals surface area contributed by atoms with Gasteiger partial charge in [0.2, 0.25) is 5.91 Å². The van der Waals surface area contributed by atoms with Crippen molar-refractivity contribution in [2.24, 2.45) is 5.92 Å². The quantitative estimate of drug-likeness (QED) is 0.800. The number of alkyl halides is 1. The maximum atomic E-state index is 11.7. The average molecular weight is 258 g/mol. The molecule has 2 heterocycles. The number of halogens is 1. The SMILES string of the molecule is O=C(O)Cn1cc(N2CC(CCl)CC2=O)cn1. The van der Waals surface area contributed by atoms with Gasteiger partial charge in [-0.25, -0.2) is 0 Å². The summed E-state index contributed by atoms with van der Waals surface area (Å²) in [6, 6.07) is 0. The number of carbonyl (C=O) groups is 2. The van der Waals surface area contributed by atoms with Crippen molar-refractivity contribution in [1.82, 2.24) is 9.78 Å². The van der Waals surface area contributed by atoms with Gasteiger partial charge in [-0.3, -0.25) is 14.3 Å². The lowest BCUT2D eigenvalue weighted by atomic mass is 10.1. The van der Waals surface area contributed by atoms with Crippen molar-refractivity contribution in [3.05, 3.63) is 12.4 Å². The molecule has 0 aliphatic carbocycles. The first kappa shape index (κ1) is 11.9. The van der Waals surface area contributed by atoms with Crippen LogP contribution >= 0.6 is 11.6 Å². The highest BCUT2D eigenvalue weighted by molar-refractivity contribution is 6.18. The van der Waals surface area contributed by atoms with Gasteiger partial charge in [0.15, 0.2) is 0 Å². The number of carbonyl (C=O) groups excluding carboxylic acids is 1. The Bertz CT molecular complexity index is 446. The van der Waals surface area contributed by atoms with E-state index in [9.17, 15) is 9.59 Å². The van der Waals surface area contributed by atoms with Gasteiger partial charge in [0.1, 0.15) is 6.54 Å². The maximum absolute atomic E-state index is 11.7. The minimum Gasteiger partial charge on any atom is -0.480 e. The Morgan fingerprint density at radius 2 is 2.41 bits per heavy atom. The summed E-state index contributed by atoms with van der Waals surface area (Å²) in [5.74, 6) is -0.352. The fraction of sp³-hybridized carbons (Fsp3) is 0.500. The third-order valence-electron chi connectivity index (χ3n) is 2.65. The molecule has 7 heteroatoms. The molecule has 1 N–H and O–H groups in total. The molecule has 0 saturated carbocycles. The largest absolute Gasteiger partial charge is 0.480 e. The fourth-order valence-corrected chi connectivity index (χ4v) is 2.06. The number of aliphatic carboxylic acids is 1. The van der Waals surface area contributed by atoms with Gasteiger partial charge in [-0.1, -0.05) is 0 Å². The summed E-state index contributed by atoms with van der Waals surface area (Å²) < 4.78 is 1.29. The molecule has 1 saturated heterocycles. The Balaban J connectivity index is 2.10. The lowest BCUT2D eigenvalue weighted by Crippen LogP contribution is -2.24. The highest BCUT2D eigenvalue weighted by atomic mass is 35.5. The number of aromatic nitrogens is 2. The molecule has 1 unspecified atom stereocenters. The molecule has 17 heavy (non-hydrogen) atoms. The number of anilines is 1. The third kappa shape index (κ3) is 2.58. The van der Waals surface area contributed by atoms with Gasteiger partial charge in [0, 0.05) is 25.0 Å². The first-order valence-electron chi connectivity index (χ1n) is 5.20. The summed E-state index contributed by atoms with van der Waals surface area (Å²) in [4.78, 5) is 23.8. The molecule has 1 amide bonds. The second-order valence-corrected chi connectivity index (χ2v) is 4.33. The zero-order valence-electron chi connectivity index (χ0n) is 9.04. The van der Waals surface area contributed by atoms with E-state index in [1.165, 1.54) is 10.9 Å². The number of carboxylic acid groups (broad SMARTS) is 1. The topological polar surface area (TPSA) is 75.4 Å². The van der Waals surface area contributed by atoms with Gasteiger partial charge < -0.3 is 10.0 Å². The predicted molar refractivity (Wildman–Crippen MR) is 61.0 cm³/mol. The van der Waals surface area contributed by atoms with Gasteiger partial charge in [-0.2, -0.15) is 5.10 Å². The summed E-state index contributed by atoms with van der Waals surface area (Å²) >= 11 is 5.72. The zero-order chi connectivity index (χ0) is 12.4. The van der Waals surface area contributed by atoms with Crippen molar-refractivity contribution in [2.75, 3.05) is 17.3 Å². The van der Waals surface area contributed by atoms with E-state index in [2.05, 4.69) is 5.10 Å². The minimum absolute atomic E-state index is 0.00512. The van der Waals surface area contributed by atoms with Crippen LogP contribution in [-0.2, 0) is 16.1 Å². The van der Waals surface area contributed by atoms with E-state index in [1.54, 1.807) is 11.1 Å². The monoisotopic (exact) mass is 257 g/mol. The summed E-state index contributed by atoms with van der Waals surface area (Å²) in [7, 11) is 0. The van der Waals surface area contributed by atoms with Gasteiger partial charge in [-0.15, -0.1) is 11.6 Å². The Hall–Kier alpha value is -1.56. The molecule has 0 radical (unpaired) electrons. The molecule has 1 aromatic rings. The maximum Gasteiger partial charge on any atom is 0.325 e. The minimum atomic E-state index is -0.967. The van der Waals surface area contributed by atoms with Crippen molar-refractivity contribution in [2.45, 2.75) is 13.0 Å². The molecule has 1 aliphatic heterocycles. The Morgan fingerprint density at radius 1 is 1.65 bits per heavy atom. The number of nitrogens with zero attached hydrogens (tertiary/aromatic N) is 3. The van der Waals surface area contributed by atoms with Crippen LogP contribution in [0.2, 0.25) is 0 Å². The first-order valence-corrected chi connectivity index (χ1v) is 5.74. The third-order valence-corrected chi connectivity index (χ3v) is 3.09. The summed E-state index contributed by atoms with van der Waals surface area (Å²) in [5.41, 5.74) is 0.629. The molecular weight excluding hydrogens is 246 g/mol. The van der Waals surface area contributed by atoms with Gasteiger partial charge in [-0.05, 0) is 5.92 Å². The van der Waals surface area contributed by atoms with E-state index < -0.39 is 5.97 Å². The number of carboxylic acids is 1. The summed E-state index contributed by atoms with van der Waals surface area (Å²) in [6.07, 6.45) is 3.49. The zero-order valence-corrected chi connectivity index (χ0v) is 9.80. The van der Waals surface area contributed by atoms with Crippen LogP contribution in [-0.4, -0.2) is 39.2 Å². The molecule has 0 spiro atoms. The van der Waals surface area contributed by atoms with Crippen LogP contribution in [0.25, 0.3) is 0 Å². The second-order valence-electron chi connectivity index (χ2n) is 4.02. The standard InChI is InChI=1S/C10H12ClN3O3/c11-2-7-1-9(15)14(4-7)8-3-12-13(5-8)6-10(16)17/h3,5,7H,1-2,4,6H2,(H,16,17). The first-order chi connectivity index (χ1) is 8.10. The van der Waals surface area contributed by atoms with Crippen molar-refractivity contribution in [1.29, 1.82) is 0 Å². The van der Waals surface area contributed by atoms with E-state index in [-0.39, 0.29) is 18.4 Å². The molecule has 92 valence electrons. The van der Waals surface area contributed by atoms with Gasteiger partial charge in [0.05, 0.1) is 11.9 Å². The van der Waals surface area contributed by atoms with Crippen LogP contribution < -0.4 is 4.90 Å². The lowest BCUT2D eigenvalue weighted by molar-refractivity contribution is -0.137. The van der Waals surface area contributed by atoms with Gasteiger partial charge >= 0.3 is 5.97 Å². The number of hydrogen-bond acceptors (Lipinski definition) is 3. The highest BCUT2D eigenvalue weighted by Crippen LogP contribution is 2.25. The molecule has 1 atom stereocenters. The normalized spacial score (nSPS) is 19.9. The van der Waals surface area contributed by atoms with Crippen molar-refractivity contribution in [3.63, 3.8) is 0 Å². The summed E-state index contributed by atoms with van der Waals surface area (Å²) in [5, 5.41) is 12.5. The molecule has 1 aliphatic rings. The van der Waals surface area contributed by atoms with Crippen LogP contribution in [0.15, 0.2) is 12.4 Å². The Kier molecular flexibility index (Phi) is 3.33. The van der Waals surface area contributed by atoms with Crippen molar-refractivity contribution < 1.29 is 14.7 Å². The van der Waals surface area contributed by atoms with E-state index in [0.29, 0.717) is 24.5 Å². The van der Waals surface area contributed by atoms with Crippen LogP contribution in [0, 0.1) is 5.92 Å². The van der Waals surface area contributed by atoms with E-state index in [0.717, 1.165) is 0 Å². The van der Waals surface area contributed by atoms with E-state index >= 15 is 0 Å². The van der Waals surface area contributed by atoms with Crippen LogP contribution in [0.3, 0.4) is 0 Å². The highest BCUT2D eigenvalue weighted by Gasteiger charge is 2.30. The van der Waals surface area contributed by atoms with Crippen LogP contribution in [0.5, 0.6) is 0 Å². The van der Waals surface area contributed by atoms with Crippen molar-refractivity contribution in [3.8, 4) is 0 Å². The van der Waals surface area contributed by atoms with Crippen LogP contribution in [0.1, 0.15) is 6.42 Å². The second kappa shape index (κ2) is 4.75. The predicted octanol–water partition coefficient (Wildman–Crippen LogP) is 0.559. The smallest absolute Gasteiger partial charge is 0.325 e. The fourth-order valence-electron chi connectivity index (χ4n) is 1.85. The van der Waals surface area contributed by atoms with Gasteiger partial charge in [0.25, 0.3) is 0 Å². The molecule has 6 nitrogen and oxygen atoms in total. The Labute approximate surface area is 103 Å². The van der Waals surface area contributed by atoms with E-state index in [1.807, 2.05) is 0 Å².